The van der Waals surface area contributed by atoms with E-state index in [4.69, 9.17) is 0 Å². The molecule has 136 valence electrons. The van der Waals surface area contributed by atoms with Crippen LogP contribution < -0.4 is 5.32 Å². The Morgan fingerprint density at radius 1 is 1.12 bits per heavy atom. The molecule has 0 atom stereocenters. The summed E-state index contributed by atoms with van der Waals surface area (Å²) in [7, 11) is 0. The van der Waals surface area contributed by atoms with Gasteiger partial charge in [-0.05, 0) is 18.8 Å². The molecule has 2 rings (SSSR count). The van der Waals surface area contributed by atoms with Crippen molar-refractivity contribution in [2.75, 3.05) is 39.3 Å². The van der Waals surface area contributed by atoms with Gasteiger partial charge in [0.25, 0.3) is 5.91 Å². The molecule has 0 aromatic rings. The van der Waals surface area contributed by atoms with E-state index in [1.165, 1.54) is 0 Å². The number of piperazine rings is 1. The summed E-state index contributed by atoms with van der Waals surface area (Å²) in [5.74, 6) is 0.185. The topological polar surface area (TPSA) is 73.0 Å². The van der Waals surface area contributed by atoms with Gasteiger partial charge >= 0.3 is 6.03 Å². The third kappa shape index (κ3) is 3.71. The zero-order valence-electron chi connectivity index (χ0n) is 15.3. The molecule has 0 spiro atoms. The van der Waals surface area contributed by atoms with Crippen molar-refractivity contribution in [1.82, 2.24) is 20.0 Å². The number of urea groups is 1. The first-order chi connectivity index (χ1) is 11.3. The van der Waals surface area contributed by atoms with Crippen LogP contribution in [0, 0.1) is 5.92 Å². The van der Waals surface area contributed by atoms with Crippen LogP contribution in [0.5, 0.6) is 0 Å². The molecule has 2 fully saturated rings. The van der Waals surface area contributed by atoms with Gasteiger partial charge in [-0.3, -0.25) is 19.4 Å². The van der Waals surface area contributed by atoms with Crippen molar-refractivity contribution in [3.05, 3.63) is 0 Å². The van der Waals surface area contributed by atoms with Gasteiger partial charge in [-0.25, -0.2) is 4.79 Å². The number of carbonyl (C=O) groups is 3. The Morgan fingerprint density at radius 2 is 1.71 bits per heavy atom. The number of nitrogens with zero attached hydrogens (tertiary/aromatic N) is 3. The van der Waals surface area contributed by atoms with Crippen LogP contribution >= 0.6 is 0 Å². The number of hydrogen-bond donors (Lipinski definition) is 1. The van der Waals surface area contributed by atoms with Gasteiger partial charge in [0, 0.05) is 32.7 Å². The molecule has 0 aliphatic carbocycles. The van der Waals surface area contributed by atoms with Crippen LogP contribution in [-0.2, 0) is 9.59 Å². The minimum absolute atomic E-state index is 0.147. The second-order valence-electron chi connectivity index (χ2n) is 7.19. The molecule has 0 radical (unpaired) electrons. The zero-order chi connectivity index (χ0) is 17.9. The normalized spacial score (nSPS) is 21.5. The highest BCUT2D eigenvalue weighted by Gasteiger charge is 2.49. The predicted octanol–water partition coefficient (Wildman–Crippen LogP) is 0.897. The fourth-order valence-electron chi connectivity index (χ4n) is 3.48. The number of imide groups is 1. The van der Waals surface area contributed by atoms with E-state index in [0.717, 1.165) is 24.5 Å². The van der Waals surface area contributed by atoms with E-state index in [-0.39, 0.29) is 18.4 Å². The lowest BCUT2D eigenvalue weighted by Gasteiger charge is -2.36. The Hall–Kier alpha value is -1.63. The second kappa shape index (κ2) is 7.51. The number of nitrogens with one attached hydrogen (secondary N) is 1. The van der Waals surface area contributed by atoms with Gasteiger partial charge in [0.2, 0.25) is 5.91 Å². The van der Waals surface area contributed by atoms with Crippen LogP contribution in [-0.4, -0.2) is 77.4 Å². The maximum absolute atomic E-state index is 12.6. The summed E-state index contributed by atoms with van der Waals surface area (Å²) in [5, 5.41) is 2.76. The molecule has 0 aromatic carbocycles. The lowest BCUT2D eigenvalue weighted by atomic mass is 9.93. The van der Waals surface area contributed by atoms with E-state index < -0.39 is 11.6 Å². The first kappa shape index (κ1) is 18.7. The summed E-state index contributed by atoms with van der Waals surface area (Å²) in [4.78, 5) is 42.4. The molecule has 7 heteroatoms. The van der Waals surface area contributed by atoms with Gasteiger partial charge in [0.1, 0.15) is 12.1 Å². The Balaban J connectivity index is 1.91. The van der Waals surface area contributed by atoms with Gasteiger partial charge in [-0.15, -0.1) is 0 Å². The van der Waals surface area contributed by atoms with Gasteiger partial charge in [0.05, 0.1) is 0 Å². The van der Waals surface area contributed by atoms with Crippen LogP contribution in [0.25, 0.3) is 0 Å². The minimum atomic E-state index is -0.840. The number of carbonyl (C=O) groups excluding carboxylic acids is 3. The van der Waals surface area contributed by atoms with Gasteiger partial charge < -0.3 is 10.2 Å². The summed E-state index contributed by atoms with van der Waals surface area (Å²) in [5.41, 5.74) is -0.840. The highest BCUT2D eigenvalue weighted by molar-refractivity contribution is 6.08. The van der Waals surface area contributed by atoms with Crippen molar-refractivity contribution in [1.29, 1.82) is 0 Å². The lowest BCUT2D eigenvalue weighted by molar-refractivity contribution is -0.140. The van der Waals surface area contributed by atoms with Gasteiger partial charge in [0.15, 0.2) is 0 Å². The number of rotatable bonds is 6. The average molecular weight is 338 g/mol. The number of amides is 4. The summed E-state index contributed by atoms with van der Waals surface area (Å²) >= 11 is 0. The average Bonchev–Trinajstić information content (AvgIpc) is 2.79. The zero-order valence-corrected chi connectivity index (χ0v) is 15.3. The quantitative estimate of drug-likeness (QED) is 0.730. The fraction of sp³-hybridized carbons (Fsp3) is 0.824. The van der Waals surface area contributed by atoms with Crippen LogP contribution in [0.15, 0.2) is 0 Å². The van der Waals surface area contributed by atoms with Crippen LogP contribution in [0.4, 0.5) is 4.79 Å². The van der Waals surface area contributed by atoms with Crippen molar-refractivity contribution in [2.45, 2.75) is 46.1 Å². The molecule has 1 N–H and O–H groups in total. The Morgan fingerprint density at radius 3 is 2.17 bits per heavy atom. The third-order valence-corrected chi connectivity index (χ3v) is 5.09. The highest BCUT2D eigenvalue weighted by atomic mass is 16.2. The van der Waals surface area contributed by atoms with Crippen molar-refractivity contribution in [3.63, 3.8) is 0 Å². The van der Waals surface area contributed by atoms with Crippen molar-refractivity contribution < 1.29 is 14.4 Å². The minimum Gasteiger partial charge on any atom is -0.339 e. The predicted molar refractivity (Wildman–Crippen MR) is 91.4 cm³/mol. The van der Waals surface area contributed by atoms with Gasteiger partial charge in [-0.2, -0.15) is 0 Å². The van der Waals surface area contributed by atoms with Crippen molar-refractivity contribution >= 4 is 17.8 Å². The summed E-state index contributed by atoms with van der Waals surface area (Å²) in [6.45, 7) is 12.0. The maximum atomic E-state index is 12.6. The molecule has 2 heterocycles. The van der Waals surface area contributed by atoms with E-state index in [2.05, 4.69) is 24.1 Å². The molecule has 0 saturated carbocycles. The molecular weight excluding hydrogens is 308 g/mol. The molecular formula is C17H30N4O3. The first-order valence-electron chi connectivity index (χ1n) is 8.97. The van der Waals surface area contributed by atoms with E-state index in [0.29, 0.717) is 31.8 Å². The third-order valence-electron chi connectivity index (χ3n) is 5.09. The Labute approximate surface area is 144 Å². The summed E-state index contributed by atoms with van der Waals surface area (Å²) in [6.07, 6.45) is 1.07. The summed E-state index contributed by atoms with van der Waals surface area (Å²) in [6, 6.07) is -0.449. The second-order valence-corrected chi connectivity index (χ2v) is 7.19. The Bertz CT molecular complexity index is 494. The Kier molecular flexibility index (Phi) is 5.85. The monoisotopic (exact) mass is 338 g/mol. The van der Waals surface area contributed by atoms with Gasteiger partial charge in [-0.1, -0.05) is 27.7 Å². The van der Waals surface area contributed by atoms with Crippen LogP contribution in [0.1, 0.15) is 40.5 Å². The molecule has 24 heavy (non-hydrogen) atoms. The van der Waals surface area contributed by atoms with Crippen LogP contribution in [0.3, 0.4) is 0 Å². The highest BCUT2D eigenvalue weighted by Crippen LogP contribution is 2.24. The molecule has 2 saturated heterocycles. The van der Waals surface area contributed by atoms with Crippen molar-refractivity contribution in [3.8, 4) is 0 Å². The smallest absolute Gasteiger partial charge is 0.325 e. The van der Waals surface area contributed by atoms with E-state index in [9.17, 15) is 14.4 Å². The fourth-order valence-corrected chi connectivity index (χ4v) is 3.48. The lowest BCUT2D eigenvalue weighted by Crippen LogP contribution is -2.52. The van der Waals surface area contributed by atoms with Crippen molar-refractivity contribution in [2.24, 2.45) is 5.92 Å². The molecule has 2 aliphatic rings. The molecule has 2 aliphatic heterocycles. The SMILES string of the molecule is CCC1(CC)NC(=O)N(CC(=O)N2CCN(CC(C)C)CC2)C1=O. The maximum Gasteiger partial charge on any atom is 0.325 e. The molecule has 7 nitrogen and oxygen atoms in total. The molecule has 0 bridgehead atoms. The first-order valence-corrected chi connectivity index (χ1v) is 8.97. The molecule has 4 amide bonds. The van der Waals surface area contributed by atoms with E-state index >= 15 is 0 Å². The standard InChI is InChI=1S/C17H30N4O3/c1-5-17(6-2)15(23)21(16(24)18-17)12-14(22)20-9-7-19(8-10-20)11-13(3)4/h13H,5-12H2,1-4H3,(H,18,24). The largest absolute Gasteiger partial charge is 0.339 e. The van der Waals surface area contributed by atoms with Crippen LogP contribution in [0.2, 0.25) is 0 Å². The van der Waals surface area contributed by atoms with E-state index in [1.807, 2.05) is 13.8 Å². The number of hydrogen-bond acceptors (Lipinski definition) is 4. The molecule has 0 aromatic heterocycles. The van der Waals surface area contributed by atoms with E-state index in [1.54, 1.807) is 4.90 Å². The molecule has 0 unspecified atom stereocenters. The summed E-state index contributed by atoms with van der Waals surface area (Å²) < 4.78 is 0.